The number of aliphatic hydroxyl groups is 1. The van der Waals surface area contributed by atoms with Crippen molar-refractivity contribution in [2.24, 2.45) is 0 Å². The molecule has 1 fully saturated rings. The van der Waals surface area contributed by atoms with Gasteiger partial charge in [0, 0.05) is 31.5 Å². The topological polar surface area (TPSA) is 68.0 Å². The predicted octanol–water partition coefficient (Wildman–Crippen LogP) is 1.51. The highest BCUT2D eigenvalue weighted by Gasteiger charge is 2.20. The zero-order valence-corrected chi connectivity index (χ0v) is 12.7. The van der Waals surface area contributed by atoms with Crippen molar-refractivity contribution in [1.29, 1.82) is 0 Å². The fourth-order valence-electron chi connectivity index (χ4n) is 2.56. The summed E-state index contributed by atoms with van der Waals surface area (Å²) in [6.07, 6.45) is 2.05. The number of nitrogen functional groups attached to an aromatic ring is 1. The third kappa shape index (κ3) is 5.53. The molecule has 2 unspecified atom stereocenters. The van der Waals surface area contributed by atoms with Crippen LogP contribution in [0, 0.1) is 0 Å². The number of anilines is 1. The number of hydrogen-bond donors (Lipinski definition) is 2. The van der Waals surface area contributed by atoms with Crippen LogP contribution in [0.2, 0.25) is 0 Å². The monoisotopic (exact) mass is 294 g/mol. The summed E-state index contributed by atoms with van der Waals surface area (Å²) in [7, 11) is 0. The fourth-order valence-corrected chi connectivity index (χ4v) is 2.56. The lowest BCUT2D eigenvalue weighted by atomic mass is 10.2. The number of aliphatic hydroxyl groups excluding tert-OH is 1. The number of nitrogens with zero attached hydrogens (tertiary/aromatic N) is 1. The smallest absolute Gasteiger partial charge is 0.121 e. The number of nitrogens with two attached hydrogens (primary N) is 1. The molecule has 1 saturated heterocycles. The minimum atomic E-state index is -0.521. The summed E-state index contributed by atoms with van der Waals surface area (Å²) in [5.74, 6) is 0.691. The number of benzene rings is 1. The SMILES string of the molecule is CCN(CC(O)COc1cccc(N)c1)CC1CCCO1. The standard InChI is InChI=1S/C16H26N2O3/c1-2-18(11-16-7-4-8-20-16)10-14(19)12-21-15-6-3-5-13(17)9-15/h3,5-6,9,14,16,19H,2,4,7-8,10-12,17H2,1H3. The molecular formula is C16H26N2O3. The van der Waals surface area contributed by atoms with Crippen molar-refractivity contribution in [1.82, 2.24) is 4.90 Å². The average molecular weight is 294 g/mol. The van der Waals surface area contributed by atoms with Gasteiger partial charge < -0.3 is 20.3 Å². The van der Waals surface area contributed by atoms with Gasteiger partial charge in [-0.2, -0.15) is 0 Å². The van der Waals surface area contributed by atoms with E-state index in [1.54, 1.807) is 6.07 Å². The van der Waals surface area contributed by atoms with E-state index in [9.17, 15) is 5.11 Å². The highest BCUT2D eigenvalue weighted by molar-refractivity contribution is 5.43. The van der Waals surface area contributed by atoms with Gasteiger partial charge in [-0.25, -0.2) is 0 Å². The fraction of sp³-hybridized carbons (Fsp3) is 0.625. The first-order valence-corrected chi connectivity index (χ1v) is 7.67. The first kappa shape index (κ1) is 16.1. The first-order valence-electron chi connectivity index (χ1n) is 7.67. The minimum Gasteiger partial charge on any atom is -0.491 e. The lowest BCUT2D eigenvalue weighted by molar-refractivity contribution is 0.0365. The summed E-state index contributed by atoms with van der Waals surface area (Å²) in [5.41, 5.74) is 6.36. The second-order valence-electron chi connectivity index (χ2n) is 5.52. The van der Waals surface area contributed by atoms with E-state index >= 15 is 0 Å². The number of hydrogen-bond acceptors (Lipinski definition) is 5. The summed E-state index contributed by atoms with van der Waals surface area (Å²) in [5, 5.41) is 10.1. The Morgan fingerprint density at radius 1 is 1.52 bits per heavy atom. The van der Waals surface area contributed by atoms with E-state index in [-0.39, 0.29) is 6.61 Å². The summed E-state index contributed by atoms with van der Waals surface area (Å²) < 4.78 is 11.2. The van der Waals surface area contributed by atoms with Crippen LogP contribution in [0.1, 0.15) is 19.8 Å². The van der Waals surface area contributed by atoms with Gasteiger partial charge in [0.25, 0.3) is 0 Å². The molecule has 0 bridgehead atoms. The molecule has 1 aromatic rings. The minimum absolute atomic E-state index is 0.269. The molecule has 118 valence electrons. The third-order valence-electron chi connectivity index (χ3n) is 3.70. The molecule has 5 nitrogen and oxygen atoms in total. The van der Waals surface area contributed by atoms with Crippen LogP contribution < -0.4 is 10.5 Å². The Morgan fingerprint density at radius 3 is 3.05 bits per heavy atom. The highest BCUT2D eigenvalue weighted by atomic mass is 16.5. The van der Waals surface area contributed by atoms with Crippen LogP contribution in [-0.4, -0.2) is 55.1 Å². The number of rotatable bonds is 8. The summed E-state index contributed by atoms with van der Waals surface area (Å²) in [6.45, 7) is 5.61. The summed E-state index contributed by atoms with van der Waals surface area (Å²) in [4.78, 5) is 2.21. The lowest BCUT2D eigenvalue weighted by Gasteiger charge is -2.26. The van der Waals surface area contributed by atoms with Gasteiger partial charge >= 0.3 is 0 Å². The van der Waals surface area contributed by atoms with Gasteiger partial charge in [0.2, 0.25) is 0 Å². The Hall–Kier alpha value is -1.30. The Labute approximate surface area is 126 Å². The first-order chi connectivity index (χ1) is 10.2. The Bertz CT molecular complexity index is 422. The van der Waals surface area contributed by atoms with E-state index in [1.807, 2.05) is 18.2 Å². The van der Waals surface area contributed by atoms with Crippen molar-refractivity contribution in [3.63, 3.8) is 0 Å². The van der Waals surface area contributed by atoms with E-state index in [2.05, 4.69) is 11.8 Å². The van der Waals surface area contributed by atoms with Crippen LogP contribution in [0.25, 0.3) is 0 Å². The molecule has 2 atom stereocenters. The van der Waals surface area contributed by atoms with Gasteiger partial charge in [-0.3, -0.25) is 4.90 Å². The molecule has 1 aliphatic heterocycles. The van der Waals surface area contributed by atoms with Gasteiger partial charge in [0.1, 0.15) is 18.5 Å². The van der Waals surface area contributed by atoms with Gasteiger partial charge in [0.15, 0.2) is 0 Å². The summed E-state index contributed by atoms with van der Waals surface area (Å²) >= 11 is 0. The second kappa shape index (κ2) is 8.22. The van der Waals surface area contributed by atoms with Crippen LogP contribution in [0.15, 0.2) is 24.3 Å². The molecule has 2 rings (SSSR count). The third-order valence-corrected chi connectivity index (χ3v) is 3.70. The highest BCUT2D eigenvalue weighted by Crippen LogP contribution is 2.15. The maximum atomic E-state index is 10.1. The van der Waals surface area contributed by atoms with E-state index in [0.717, 1.165) is 32.5 Å². The molecule has 1 aliphatic rings. The molecule has 1 aromatic carbocycles. The molecule has 0 spiro atoms. The van der Waals surface area contributed by atoms with E-state index in [1.165, 1.54) is 0 Å². The maximum absolute atomic E-state index is 10.1. The van der Waals surface area contributed by atoms with Crippen molar-refractivity contribution in [3.05, 3.63) is 24.3 Å². The second-order valence-corrected chi connectivity index (χ2v) is 5.52. The molecule has 0 aliphatic carbocycles. The van der Waals surface area contributed by atoms with Gasteiger partial charge in [-0.1, -0.05) is 13.0 Å². The van der Waals surface area contributed by atoms with Crippen LogP contribution in [-0.2, 0) is 4.74 Å². The van der Waals surface area contributed by atoms with E-state index < -0.39 is 6.10 Å². The van der Waals surface area contributed by atoms with Crippen molar-refractivity contribution < 1.29 is 14.6 Å². The molecule has 0 amide bonds. The Kier molecular flexibility index (Phi) is 6.29. The molecule has 0 radical (unpaired) electrons. The number of ether oxygens (including phenoxy) is 2. The Balaban J connectivity index is 1.72. The van der Waals surface area contributed by atoms with Crippen LogP contribution in [0.5, 0.6) is 5.75 Å². The van der Waals surface area contributed by atoms with E-state index in [0.29, 0.717) is 24.1 Å². The van der Waals surface area contributed by atoms with Crippen LogP contribution >= 0.6 is 0 Å². The van der Waals surface area contributed by atoms with E-state index in [4.69, 9.17) is 15.2 Å². The quantitative estimate of drug-likeness (QED) is 0.711. The summed E-state index contributed by atoms with van der Waals surface area (Å²) in [6, 6.07) is 7.25. The maximum Gasteiger partial charge on any atom is 0.121 e. The molecule has 21 heavy (non-hydrogen) atoms. The predicted molar refractivity (Wildman–Crippen MR) is 83.4 cm³/mol. The molecule has 0 aromatic heterocycles. The van der Waals surface area contributed by atoms with Gasteiger partial charge in [-0.15, -0.1) is 0 Å². The normalized spacial score (nSPS) is 19.9. The molecule has 3 N–H and O–H groups in total. The van der Waals surface area contributed by atoms with Crippen molar-refractivity contribution >= 4 is 5.69 Å². The number of likely N-dealkylation sites (N-methyl/N-ethyl adjacent to an activating group) is 1. The van der Waals surface area contributed by atoms with Crippen LogP contribution in [0.3, 0.4) is 0 Å². The lowest BCUT2D eigenvalue weighted by Crippen LogP contribution is -2.39. The molecule has 5 heteroatoms. The largest absolute Gasteiger partial charge is 0.491 e. The Morgan fingerprint density at radius 2 is 2.38 bits per heavy atom. The van der Waals surface area contributed by atoms with Crippen LogP contribution in [0.4, 0.5) is 5.69 Å². The zero-order valence-electron chi connectivity index (χ0n) is 12.7. The zero-order chi connectivity index (χ0) is 15.1. The van der Waals surface area contributed by atoms with Crippen molar-refractivity contribution in [2.75, 3.05) is 38.6 Å². The average Bonchev–Trinajstić information content (AvgIpc) is 2.97. The molecular weight excluding hydrogens is 268 g/mol. The van der Waals surface area contributed by atoms with Crippen molar-refractivity contribution in [2.45, 2.75) is 32.0 Å². The van der Waals surface area contributed by atoms with Crippen molar-refractivity contribution in [3.8, 4) is 5.75 Å². The van der Waals surface area contributed by atoms with Gasteiger partial charge in [-0.05, 0) is 31.5 Å². The van der Waals surface area contributed by atoms with Gasteiger partial charge in [0.05, 0.1) is 6.10 Å². The molecule has 1 heterocycles. The molecule has 0 saturated carbocycles.